The van der Waals surface area contributed by atoms with Crippen LogP contribution >= 0.6 is 18.9 Å². The van der Waals surface area contributed by atoms with Crippen molar-refractivity contribution in [3.05, 3.63) is 24.8 Å². The molecule has 0 amide bonds. The van der Waals surface area contributed by atoms with Crippen LogP contribution in [0.15, 0.2) is 34.8 Å². The van der Waals surface area contributed by atoms with Crippen molar-refractivity contribution >= 4 is 55.5 Å². The van der Waals surface area contributed by atoms with E-state index >= 15 is 0 Å². The second kappa shape index (κ2) is 29.3. The van der Waals surface area contributed by atoms with Crippen LogP contribution in [-0.4, -0.2) is 36.6 Å². The molecule has 2 aliphatic rings. The highest BCUT2D eigenvalue weighted by Gasteiger charge is 1.77. The first kappa shape index (κ1) is 33.1. The van der Waals surface area contributed by atoms with E-state index < -0.39 is 11.9 Å². The molecule has 0 bridgehead atoms. The van der Waals surface area contributed by atoms with Gasteiger partial charge in [0.1, 0.15) is 12.4 Å². The van der Waals surface area contributed by atoms with Crippen LogP contribution in [0, 0.1) is 0 Å². The molecule has 2 heterocycles. The van der Waals surface area contributed by atoms with E-state index in [9.17, 15) is 9.59 Å². The first-order chi connectivity index (χ1) is 13.0. The Morgan fingerprint density at radius 3 is 1.00 bits per heavy atom. The summed E-state index contributed by atoms with van der Waals surface area (Å²) in [4.78, 5) is 44.4. The van der Waals surface area contributed by atoms with Gasteiger partial charge in [-0.3, -0.25) is 20.2 Å². The third-order valence-corrected chi connectivity index (χ3v) is 1.91. The number of rotatable bonds is 0. The van der Waals surface area contributed by atoms with E-state index in [0.29, 0.717) is 0 Å². The number of quaternary nitrogens is 2. The molecule has 0 radical (unpaired) electrons. The maximum Gasteiger partial charge on any atom is 0.304 e. The van der Waals surface area contributed by atoms with Crippen molar-refractivity contribution in [2.45, 2.75) is 27.7 Å². The van der Waals surface area contributed by atoms with Gasteiger partial charge >= 0.3 is 11.9 Å². The van der Waals surface area contributed by atoms with Gasteiger partial charge in [-0.05, 0) is 13.8 Å². The topological polar surface area (TPSA) is 191 Å². The number of carbonyl (C=O) groups excluding carboxylic acids is 4. The van der Waals surface area contributed by atoms with E-state index in [4.69, 9.17) is 19.8 Å². The summed E-state index contributed by atoms with van der Waals surface area (Å²) in [5.74, 6) is -2.73. The number of nitrogens with zero attached hydrogens (tertiary/aromatic N) is 2. The predicted molar refractivity (Wildman–Crippen MR) is 103 cm³/mol. The van der Waals surface area contributed by atoms with Gasteiger partial charge in [0.25, 0.3) is 0 Å². The van der Waals surface area contributed by atoms with Crippen LogP contribution in [0.2, 0.25) is 0 Å². The van der Waals surface area contributed by atoms with Crippen molar-refractivity contribution in [3.63, 3.8) is 0 Å². The Labute approximate surface area is 167 Å². The summed E-state index contributed by atoms with van der Waals surface area (Å²) in [6.45, 7) is 4.62. The van der Waals surface area contributed by atoms with Gasteiger partial charge in [0.05, 0.1) is 31.3 Å². The van der Waals surface area contributed by atoms with Gasteiger partial charge in [-0.2, -0.15) is 0 Å². The summed E-state index contributed by atoms with van der Waals surface area (Å²) < 4.78 is 8.06. The summed E-state index contributed by atoms with van der Waals surface area (Å²) in [6, 6.07) is 0. The lowest BCUT2D eigenvalue weighted by Crippen LogP contribution is -2.74. The van der Waals surface area contributed by atoms with E-state index in [1.54, 1.807) is 25.1 Å². The molecular formula is C14H26N4O8P2. The predicted octanol–water partition coefficient (Wildman–Crippen LogP) is -3.68. The van der Waals surface area contributed by atoms with Crippen molar-refractivity contribution in [2.24, 2.45) is 9.98 Å². The van der Waals surface area contributed by atoms with E-state index in [2.05, 4.69) is 19.0 Å². The van der Waals surface area contributed by atoms with Crippen LogP contribution in [-0.2, 0) is 28.2 Å². The first-order valence-corrected chi connectivity index (χ1v) is 8.08. The highest BCUT2D eigenvalue weighted by atomic mass is 31.0. The van der Waals surface area contributed by atoms with Crippen LogP contribution in [0.5, 0.6) is 0 Å². The van der Waals surface area contributed by atoms with E-state index in [-0.39, 0.29) is 11.9 Å². The van der Waals surface area contributed by atoms with E-state index in [0.717, 1.165) is 13.8 Å². The van der Waals surface area contributed by atoms with Crippen LogP contribution < -0.4 is 20.8 Å². The Kier molecular flexibility index (Phi) is 34.6. The molecule has 0 aliphatic carbocycles. The molecule has 0 aromatic rings. The molecule has 0 spiro atoms. The van der Waals surface area contributed by atoms with Gasteiger partial charge in [-0.25, -0.2) is 9.98 Å². The maximum absolute atomic E-state index is 9.57. The number of carboxylic acids is 2. The Morgan fingerprint density at radius 2 is 0.964 bits per heavy atom. The third kappa shape index (κ3) is 90.0. The van der Waals surface area contributed by atoms with Crippen LogP contribution in [0.3, 0.4) is 0 Å². The first-order valence-electron chi connectivity index (χ1n) is 7.14. The zero-order valence-electron chi connectivity index (χ0n) is 15.9. The number of hydrogen-bond donors (Lipinski definition) is 2. The molecule has 12 nitrogen and oxygen atoms in total. The lowest BCUT2D eigenvalue weighted by Gasteiger charge is -1.80. The van der Waals surface area contributed by atoms with Gasteiger partial charge in [0, 0.05) is 25.8 Å². The highest BCUT2D eigenvalue weighted by molar-refractivity contribution is 7.10. The van der Waals surface area contributed by atoms with Crippen molar-refractivity contribution < 1.29 is 49.1 Å². The quantitative estimate of drug-likeness (QED) is 0.360. The van der Waals surface area contributed by atoms with Crippen molar-refractivity contribution in [2.75, 3.05) is 0 Å². The number of carbonyl (C=O) groups is 4. The maximum atomic E-state index is 9.57. The highest BCUT2D eigenvalue weighted by Crippen LogP contribution is 1.81. The summed E-state index contributed by atoms with van der Waals surface area (Å²) in [6.07, 6.45) is 10.8. The fraction of sp³-hybridized carbons (Fsp3) is 0.286. The lowest BCUT2D eigenvalue weighted by atomic mass is 10.9. The average molecular weight is 440 g/mol. The number of carboxylic acid groups (broad SMARTS) is 2. The van der Waals surface area contributed by atoms with Gasteiger partial charge < -0.3 is 28.8 Å². The molecule has 14 heteroatoms. The normalized spacial score (nSPS) is 10.5. The molecule has 0 aromatic carbocycles. The fourth-order valence-electron chi connectivity index (χ4n) is 0.497. The second-order valence-electron chi connectivity index (χ2n) is 3.87. The third-order valence-electron chi connectivity index (χ3n) is 1.24. The SMILES string of the molecule is C1=C[NH2+]C=N1.C1=C[NH2+]C=N1.CC(=O)OP.CC(=O)OP.CC(=O)[O-].CC(=O)[O-]. The monoisotopic (exact) mass is 440 g/mol. The molecule has 0 fully saturated rings. The second-order valence-corrected chi connectivity index (χ2v) is 4.34. The molecule has 2 unspecified atom stereocenters. The Balaban J connectivity index is -0.000000124. The minimum absolute atomic E-state index is 0.282. The molecule has 0 saturated heterocycles. The largest absolute Gasteiger partial charge is 0.550 e. The molecule has 28 heavy (non-hydrogen) atoms. The average Bonchev–Trinajstić information content (AvgIpc) is 3.32. The number of nitrogens with two attached hydrogens (primary N) is 2. The van der Waals surface area contributed by atoms with Gasteiger partial charge in [-0.1, -0.05) is 0 Å². The molecule has 0 aromatic heterocycles. The van der Waals surface area contributed by atoms with Gasteiger partial charge in [-0.15, -0.1) is 0 Å². The Morgan fingerprint density at radius 1 is 0.750 bits per heavy atom. The number of aliphatic imine (C=N–C) groups is 2. The summed E-state index contributed by atoms with van der Waals surface area (Å²) in [7, 11) is 3.69. The molecule has 2 rings (SSSR count). The molecule has 0 saturated carbocycles. The van der Waals surface area contributed by atoms with Crippen LogP contribution in [0.25, 0.3) is 0 Å². The lowest BCUT2D eigenvalue weighted by molar-refractivity contribution is -0.447. The zero-order chi connectivity index (χ0) is 22.8. The van der Waals surface area contributed by atoms with Gasteiger partial charge in [0.2, 0.25) is 0 Å². The molecule has 2 atom stereocenters. The Bertz CT molecular complexity index is 475. The van der Waals surface area contributed by atoms with Crippen LogP contribution in [0.1, 0.15) is 27.7 Å². The van der Waals surface area contributed by atoms with E-state index in [1.165, 1.54) is 13.8 Å². The summed E-state index contributed by atoms with van der Waals surface area (Å²) >= 11 is 0. The van der Waals surface area contributed by atoms with Crippen molar-refractivity contribution in [3.8, 4) is 0 Å². The zero-order valence-corrected chi connectivity index (χ0v) is 18.2. The van der Waals surface area contributed by atoms with Crippen molar-refractivity contribution in [1.82, 2.24) is 0 Å². The molecule has 2 aliphatic heterocycles. The minimum atomic E-state index is -1.08. The Hall–Kier alpha value is -2.52. The smallest absolute Gasteiger partial charge is 0.304 e. The summed E-state index contributed by atoms with van der Waals surface area (Å²) in [5.41, 5.74) is 0. The minimum Gasteiger partial charge on any atom is -0.550 e. The standard InChI is InChI=1S/2C3H4N2.2C2H5O2P.2C2H4O2/c2*1-2-5-3-4-1;2*1-2(3)4-5;2*1-2(3)4/h2*1-3H,(H,4,5);2*5H2,1H3;2*1H3,(H,3,4). The van der Waals surface area contributed by atoms with Crippen molar-refractivity contribution in [1.29, 1.82) is 0 Å². The van der Waals surface area contributed by atoms with Gasteiger partial charge in [0.15, 0.2) is 12.7 Å². The van der Waals surface area contributed by atoms with Crippen LogP contribution in [0.4, 0.5) is 0 Å². The fourth-order valence-corrected chi connectivity index (χ4v) is 0.497. The molecule has 160 valence electrons. The molecule has 4 N–H and O–H groups in total. The van der Waals surface area contributed by atoms with E-state index in [1.807, 2.05) is 42.0 Å². The summed E-state index contributed by atoms with van der Waals surface area (Å²) in [5, 5.41) is 21.6. The number of hydrogen-bond acceptors (Lipinski definition) is 10. The number of aliphatic carboxylic acids is 2. The molecular weight excluding hydrogens is 414 g/mol.